The van der Waals surface area contributed by atoms with Crippen LogP contribution in [-0.4, -0.2) is 22.1 Å². The maximum Gasteiger partial charge on any atom is 0.360 e. The van der Waals surface area contributed by atoms with Crippen LogP contribution >= 0.6 is 0 Å². The highest BCUT2D eigenvalue weighted by Gasteiger charge is 2.22. The van der Waals surface area contributed by atoms with E-state index in [1.54, 1.807) is 6.92 Å². The first-order valence-corrected chi connectivity index (χ1v) is 6.63. The molecule has 1 aliphatic rings. The lowest BCUT2D eigenvalue weighted by Crippen LogP contribution is -2.10. The van der Waals surface area contributed by atoms with Crippen LogP contribution in [0.5, 0.6) is 0 Å². The molecule has 0 atom stereocenters. The van der Waals surface area contributed by atoms with E-state index >= 15 is 0 Å². The number of rotatable bonds is 6. The molecule has 0 amide bonds. The van der Waals surface area contributed by atoms with E-state index in [1.807, 2.05) is 11.5 Å². The number of imidazole rings is 1. The molecular weight excluding hydrogens is 230 g/mol. The first kappa shape index (κ1) is 12.9. The Bertz CT molecular complexity index is 436. The number of hydrogen-bond acceptors (Lipinski definition) is 4. The van der Waals surface area contributed by atoms with Crippen molar-refractivity contribution in [2.45, 2.75) is 46.1 Å². The molecule has 2 N–H and O–H groups in total. The first-order chi connectivity index (χ1) is 8.63. The molecule has 1 saturated carbocycles. The van der Waals surface area contributed by atoms with Crippen molar-refractivity contribution in [2.24, 2.45) is 5.92 Å². The molecule has 0 aliphatic heterocycles. The van der Waals surface area contributed by atoms with Crippen molar-refractivity contribution in [2.75, 3.05) is 12.3 Å². The summed E-state index contributed by atoms with van der Waals surface area (Å²) >= 11 is 0. The average molecular weight is 251 g/mol. The van der Waals surface area contributed by atoms with Crippen molar-refractivity contribution in [3.8, 4) is 0 Å². The summed E-state index contributed by atoms with van der Waals surface area (Å²) in [6.45, 7) is 4.82. The van der Waals surface area contributed by atoms with Gasteiger partial charge in [0.15, 0.2) is 5.69 Å². The predicted molar refractivity (Wildman–Crippen MR) is 69.3 cm³/mol. The number of nitrogen functional groups attached to an aromatic ring is 1. The topological polar surface area (TPSA) is 70.1 Å². The molecule has 0 bridgehead atoms. The lowest BCUT2D eigenvalue weighted by molar-refractivity contribution is 0.0521. The standard InChI is InChI=1S/C13H21N3O2/c1-3-18-13(17)11-12(14)16(9(2)15-11)8-4-5-10-6-7-10/h10H,3-8,14H2,1-2H3. The Morgan fingerprint density at radius 3 is 2.89 bits per heavy atom. The van der Waals surface area contributed by atoms with Crippen molar-refractivity contribution >= 4 is 11.8 Å². The molecule has 1 aliphatic carbocycles. The van der Waals surface area contributed by atoms with Crippen LogP contribution in [0, 0.1) is 12.8 Å². The highest BCUT2D eigenvalue weighted by atomic mass is 16.5. The van der Waals surface area contributed by atoms with E-state index in [0.29, 0.717) is 12.4 Å². The fraction of sp³-hybridized carbons (Fsp3) is 0.692. The normalized spacial score (nSPS) is 14.8. The van der Waals surface area contributed by atoms with Crippen LogP contribution in [0.2, 0.25) is 0 Å². The second kappa shape index (κ2) is 5.42. The van der Waals surface area contributed by atoms with E-state index in [9.17, 15) is 4.79 Å². The third kappa shape index (κ3) is 2.83. The second-order valence-electron chi connectivity index (χ2n) is 4.85. The van der Waals surface area contributed by atoms with E-state index in [4.69, 9.17) is 10.5 Å². The number of carbonyl (C=O) groups excluding carboxylic acids is 1. The summed E-state index contributed by atoms with van der Waals surface area (Å²) in [6.07, 6.45) is 5.07. The second-order valence-corrected chi connectivity index (χ2v) is 4.85. The van der Waals surface area contributed by atoms with E-state index < -0.39 is 5.97 Å². The molecule has 5 heteroatoms. The molecule has 1 heterocycles. The Morgan fingerprint density at radius 1 is 1.56 bits per heavy atom. The maximum atomic E-state index is 11.6. The van der Waals surface area contributed by atoms with Gasteiger partial charge in [-0.15, -0.1) is 0 Å². The molecule has 0 unspecified atom stereocenters. The van der Waals surface area contributed by atoms with Gasteiger partial charge >= 0.3 is 5.97 Å². The molecule has 100 valence electrons. The minimum absolute atomic E-state index is 0.251. The molecule has 0 saturated heterocycles. The summed E-state index contributed by atoms with van der Waals surface area (Å²) in [4.78, 5) is 15.9. The number of anilines is 1. The van der Waals surface area contributed by atoms with Crippen LogP contribution in [0.3, 0.4) is 0 Å². The highest BCUT2D eigenvalue weighted by molar-refractivity contribution is 5.92. The van der Waals surface area contributed by atoms with Gasteiger partial charge in [-0.3, -0.25) is 0 Å². The minimum atomic E-state index is -0.431. The molecule has 2 rings (SSSR count). The van der Waals surface area contributed by atoms with Crippen molar-refractivity contribution in [1.29, 1.82) is 0 Å². The third-order valence-corrected chi connectivity index (χ3v) is 3.36. The minimum Gasteiger partial charge on any atom is -0.461 e. The van der Waals surface area contributed by atoms with Gasteiger partial charge in [0.25, 0.3) is 0 Å². The zero-order valence-corrected chi connectivity index (χ0v) is 11.1. The van der Waals surface area contributed by atoms with Crippen LogP contribution in [-0.2, 0) is 11.3 Å². The van der Waals surface area contributed by atoms with Gasteiger partial charge in [-0.1, -0.05) is 12.8 Å². The molecule has 1 aromatic rings. The van der Waals surface area contributed by atoms with E-state index in [1.165, 1.54) is 19.3 Å². The monoisotopic (exact) mass is 251 g/mol. The van der Waals surface area contributed by atoms with Gasteiger partial charge in [0.1, 0.15) is 11.6 Å². The van der Waals surface area contributed by atoms with Gasteiger partial charge in [-0.25, -0.2) is 9.78 Å². The Morgan fingerprint density at radius 2 is 2.28 bits per heavy atom. The molecule has 0 radical (unpaired) electrons. The van der Waals surface area contributed by atoms with E-state index in [0.717, 1.165) is 24.7 Å². The Kier molecular flexibility index (Phi) is 3.89. The number of nitrogens with zero attached hydrogens (tertiary/aromatic N) is 2. The van der Waals surface area contributed by atoms with Crippen LogP contribution in [0.25, 0.3) is 0 Å². The molecule has 0 spiro atoms. The Balaban J connectivity index is 2.02. The lowest BCUT2D eigenvalue weighted by atomic mass is 10.2. The number of hydrogen-bond donors (Lipinski definition) is 1. The van der Waals surface area contributed by atoms with Crippen molar-refractivity contribution in [3.05, 3.63) is 11.5 Å². The number of nitrogens with two attached hydrogens (primary N) is 1. The Labute approximate surface area is 107 Å². The lowest BCUT2D eigenvalue weighted by Gasteiger charge is -2.07. The molecule has 1 fully saturated rings. The van der Waals surface area contributed by atoms with Gasteiger partial charge in [-0.2, -0.15) is 0 Å². The fourth-order valence-electron chi connectivity index (χ4n) is 2.16. The smallest absolute Gasteiger partial charge is 0.360 e. The summed E-state index contributed by atoms with van der Waals surface area (Å²) in [5.74, 6) is 1.70. The molecular formula is C13H21N3O2. The van der Waals surface area contributed by atoms with Gasteiger partial charge < -0.3 is 15.0 Å². The van der Waals surface area contributed by atoms with Gasteiger partial charge in [0.2, 0.25) is 0 Å². The first-order valence-electron chi connectivity index (χ1n) is 6.63. The maximum absolute atomic E-state index is 11.6. The number of aromatic nitrogens is 2. The van der Waals surface area contributed by atoms with E-state index in [2.05, 4.69) is 4.98 Å². The van der Waals surface area contributed by atoms with Crippen LogP contribution in [0.1, 0.15) is 48.9 Å². The highest BCUT2D eigenvalue weighted by Crippen LogP contribution is 2.33. The number of ether oxygens (including phenoxy) is 1. The summed E-state index contributed by atoms with van der Waals surface area (Å²) in [5, 5.41) is 0. The zero-order chi connectivity index (χ0) is 13.1. The number of esters is 1. The van der Waals surface area contributed by atoms with Gasteiger partial charge in [0, 0.05) is 6.54 Å². The zero-order valence-electron chi connectivity index (χ0n) is 11.1. The SMILES string of the molecule is CCOC(=O)c1nc(C)n(CCCC2CC2)c1N. The van der Waals surface area contributed by atoms with Crippen molar-refractivity contribution in [1.82, 2.24) is 9.55 Å². The van der Waals surface area contributed by atoms with Crippen molar-refractivity contribution < 1.29 is 9.53 Å². The van der Waals surface area contributed by atoms with Crippen molar-refractivity contribution in [3.63, 3.8) is 0 Å². The molecule has 5 nitrogen and oxygen atoms in total. The van der Waals surface area contributed by atoms with Crippen LogP contribution in [0.4, 0.5) is 5.82 Å². The van der Waals surface area contributed by atoms with Crippen LogP contribution in [0.15, 0.2) is 0 Å². The summed E-state index contributed by atoms with van der Waals surface area (Å²) < 4.78 is 6.85. The quantitative estimate of drug-likeness (QED) is 0.786. The molecule has 0 aromatic carbocycles. The summed E-state index contributed by atoms with van der Waals surface area (Å²) in [7, 11) is 0. The van der Waals surface area contributed by atoms with E-state index in [-0.39, 0.29) is 5.69 Å². The number of aryl methyl sites for hydroxylation is 1. The molecule has 18 heavy (non-hydrogen) atoms. The average Bonchev–Trinajstić information content (AvgIpc) is 3.10. The number of carbonyl (C=O) groups is 1. The summed E-state index contributed by atoms with van der Waals surface area (Å²) in [6, 6.07) is 0. The summed E-state index contributed by atoms with van der Waals surface area (Å²) in [5.41, 5.74) is 6.22. The largest absolute Gasteiger partial charge is 0.461 e. The van der Waals surface area contributed by atoms with Gasteiger partial charge in [-0.05, 0) is 32.6 Å². The molecule has 1 aromatic heterocycles. The predicted octanol–water partition coefficient (Wildman–Crippen LogP) is 2.14. The Hall–Kier alpha value is -1.52. The fourth-order valence-corrected chi connectivity index (χ4v) is 2.16. The van der Waals surface area contributed by atoms with Gasteiger partial charge in [0.05, 0.1) is 6.61 Å². The van der Waals surface area contributed by atoms with Crippen LogP contribution < -0.4 is 5.73 Å². The third-order valence-electron chi connectivity index (χ3n) is 3.36.